The average molecular weight is 430 g/mol. The smallest absolute Gasteiger partial charge is 0.285 e. The number of hydrazine groups is 1. The van der Waals surface area contributed by atoms with E-state index in [1.165, 1.54) is 25.3 Å². The van der Waals surface area contributed by atoms with Crippen LogP contribution in [0.5, 0.6) is 11.5 Å². The van der Waals surface area contributed by atoms with Crippen molar-refractivity contribution in [3.63, 3.8) is 0 Å². The van der Waals surface area contributed by atoms with Gasteiger partial charge in [0.15, 0.2) is 15.8 Å². The highest BCUT2D eigenvalue weighted by atomic mass is 32.2. The number of amides is 2. The van der Waals surface area contributed by atoms with Gasteiger partial charge in [-0.2, -0.15) is 5.01 Å². The van der Waals surface area contributed by atoms with Gasteiger partial charge in [0.05, 0.1) is 12.0 Å². The molecule has 0 saturated carbocycles. The van der Waals surface area contributed by atoms with E-state index >= 15 is 0 Å². The number of anilines is 1. The van der Waals surface area contributed by atoms with Gasteiger partial charge in [0, 0.05) is 25.3 Å². The van der Waals surface area contributed by atoms with Crippen LogP contribution in [-0.2, 0) is 4.79 Å². The number of nitrogens with one attached hydrogen (secondary N) is 1. The maximum atomic E-state index is 12.7. The third-order valence-corrected chi connectivity index (χ3v) is 5.46. The highest BCUT2D eigenvalue weighted by Gasteiger charge is 2.33. The van der Waals surface area contributed by atoms with Gasteiger partial charge in [0.25, 0.3) is 11.8 Å². The number of hydrogen-bond donors (Lipinski definition) is 2. The number of rotatable bonds is 5. The first-order valence-electron chi connectivity index (χ1n) is 8.53. The van der Waals surface area contributed by atoms with E-state index < -0.39 is 11.8 Å². The first kappa shape index (κ1) is 20.7. The number of methoxy groups -OCH3 is 1. The molecule has 0 aliphatic carbocycles. The molecule has 0 radical (unpaired) electrons. The predicted molar refractivity (Wildman–Crippen MR) is 118 cm³/mol. The Balaban J connectivity index is 1.75. The van der Waals surface area contributed by atoms with Crippen molar-refractivity contribution in [2.24, 2.45) is 0 Å². The molecule has 1 saturated heterocycles. The second-order valence-corrected chi connectivity index (χ2v) is 8.01. The Morgan fingerprint density at radius 2 is 1.93 bits per heavy atom. The number of hydrogen-bond acceptors (Lipinski definition) is 7. The number of carbonyl (C=O) groups excluding carboxylic acids is 2. The van der Waals surface area contributed by atoms with Crippen LogP contribution in [0.2, 0.25) is 0 Å². The molecule has 9 heteroatoms. The summed E-state index contributed by atoms with van der Waals surface area (Å²) in [6.45, 7) is 0. The third-order valence-electron chi connectivity index (χ3n) is 4.16. The van der Waals surface area contributed by atoms with Gasteiger partial charge >= 0.3 is 0 Å². The van der Waals surface area contributed by atoms with Crippen molar-refractivity contribution in [3.05, 3.63) is 58.5 Å². The molecule has 1 aliphatic rings. The van der Waals surface area contributed by atoms with E-state index in [2.05, 4.69) is 5.43 Å². The van der Waals surface area contributed by atoms with Crippen molar-refractivity contribution in [1.82, 2.24) is 10.4 Å². The zero-order valence-corrected chi connectivity index (χ0v) is 17.6. The van der Waals surface area contributed by atoms with Crippen molar-refractivity contribution in [1.29, 1.82) is 0 Å². The summed E-state index contributed by atoms with van der Waals surface area (Å²) in [5.41, 5.74) is 4.62. The van der Waals surface area contributed by atoms with Gasteiger partial charge in [-0.3, -0.25) is 15.0 Å². The standard InChI is InChI=1S/C20H19N3O4S2/c1-22(2)14-7-4-12(5-8-14)10-17-19(26)23(20(28)29-17)21-18(25)13-6-9-15(24)16(11-13)27-3/h4-11,24H,1-3H3,(H,21,25)/b17-10+. The second-order valence-electron chi connectivity index (χ2n) is 6.33. The number of phenolic OH excluding ortho intramolecular Hbond substituents is 1. The number of thiocarbonyl (C=S) groups is 1. The molecule has 7 nitrogen and oxygen atoms in total. The Morgan fingerprint density at radius 3 is 2.55 bits per heavy atom. The number of ether oxygens (including phenoxy) is 1. The molecule has 0 atom stereocenters. The monoisotopic (exact) mass is 429 g/mol. The Hall–Kier alpha value is -3.04. The van der Waals surface area contributed by atoms with E-state index in [0.29, 0.717) is 4.91 Å². The van der Waals surface area contributed by atoms with Crippen LogP contribution in [0.15, 0.2) is 47.4 Å². The first-order chi connectivity index (χ1) is 13.8. The highest BCUT2D eigenvalue weighted by molar-refractivity contribution is 8.26. The van der Waals surface area contributed by atoms with E-state index in [0.717, 1.165) is 28.0 Å². The van der Waals surface area contributed by atoms with Crippen molar-refractivity contribution in [2.45, 2.75) is 0 Å². The van der Waals surface area contributed by atoms with Gasteiger partial charge in [-0.25, -0.2) is 0 Å². The Bertz CT molecular complexity index is 1000. The van der Waals surface area contributed by atoms with E-state index in [1.54, 1.807) is 6.08 Å². The molecule has 2 amide bonds. The minimum atomic E-state index is -0.545. The van der Waals surface area contributed by atoms with Crippen LogP contribution in [0.4, 0.5) is 5.69 Å². The molecule has 0 bridgehead atoms. The number of thioether (sulfide) groups is 1. The largest absolute Gasteiger partial charge is 0.504 e. The lowest BCUT2D eigenvalue weighted by atomic mass is 10.2. The summed E-state index contributed by atoms with van der Waals surface area (Å²) >= 11 is 6.36. The van der Waals surface area contributed by atoms with E-state index in [9.17, 15) is 14.7 Å². The van der Waals surface area contributed by atoms with E-state index in [-0.39, 0.29) is 21.4 Å². The number of nitrogens with zero attached hydrogens (tertiary/aromatic N) is 2. The maximum absolute atomic E-state index is 12.7. The summed E-state index contributed by atoms with van der Waals surface area (Å²) in [5.74, 6) is -0.881. The molecule has 2 N–H and O–H groups in total. The lowest BCUT2D eigenvalue weighted by Crippen LogP contribution is -2.44. The lowest BCUT2D eigenvalue weighted by Gasteiger charge is -2.16. The van der Waals surface area contributed by atoms with Gasteiger partial charge in [-0.1, -0.05) is 23.9 Å². The molecule has 1 fully saturated rings. The van der Waals surface area contributed by atoms with Gasteiger partial charge in [-0.15, -0.1) is 0 Å². The van der Waals surface area contributed by atoms with Crippen molar-refractivity contribution < 1.29 is 19.4 Å². The van der Waals surface area contributed by atoms with Crippen LogP contribution >= 0.6 is 24.0 Å². The first-order valence-corrected chi connectivity index (χ1v) is 9.76. The van der Waals surface area contributed by atoms with Gasteiger partial charge < -0.3 is 14.7 Å². The fourth-order valence-electron chi connectivity index (χ4n) is 2.57. The molecule has 0 spiro atoms. The average Bonchev–Trinajstić information content (AvgIpc) is 2.96. The molecular formula is C20H19N3O4S2. The topological polar surface area (TPSA) is 82.1 Å². The second kappa shape index (κ2) is 8.54. The molecule has 150 valence electrons. The predicted octanol–water partition coefficient (Wildman–Crippen LogP) is 3.01. The van der Waals surface area contributed by atoms with Gasteiger partial charge in [0.1, 0.15) is 0 Å². The van der Waals surface area contributed by atoms with Gasteiger partial charge in [-0.05, 0) is 54.2 Å². The van der Waals surface area contributed by atoms with Crippen LogP contribution in [0.1, 0.15) is 15.9 Å². The highest BCUT2D eigenvalue weighted by Crippen LogP contribution is 2.32. The molecule has 2 aromatic rings. The van der Waals surface area contributed by atoms with Crippen LogP contribution < -0.4 is 15.1 Å². The lowest BCUT2D eigenvalue weighted by molar-refractivity contribution is -0.123. The zero-order chi connectivity index (χ0) is 21.1. The fourth-order valence-corrected chi connectivity index (χ4v) is 3.75. The summed E-state index contributed by atoms with van der Waals surface area (Å²) in [4.78, 5) is 27.6. The Kier molecular flexibility index (Phi) is 6.09. The quantitative estimate of drug-likeness (QED) is 0.558. The van der Waals surface area contributed by atoms with Crippen molar-refractivity contribution >= 4 is 51.9 Å². The minimum absolute atomic E-state index is 0.0853. The van der Waals surface area contributed by atoms with Crippen LogP contribution in [0.25, 0.3) is 6.08 Å². The fraction of sp³-hybridized carbons (Fsp3) is 0.150. The summed E-state index contributed by atoms with van der Waals surface area (Å²) < 4.78 is 5.23. The molecule has 2 aromatic carbocycles. The molecular weight excluding hydrogens is 410 g/mol. The number of benzene rings is 2. The number of carbonyl (C=O) groups is 2. The van der Waals surface area contributed by atoms with Crippen molar-refractivity contribution in [3.8, 4) is 11.5 Å². The number of aromatic hydroxyl groups is 1. The molecule has 0 unspecified atom stereocenters. The van der Waals surface area contributed by atoms with Crippen molar-refractivity contribution in [2.75, 3.05) is 26.1 Å². The summed E-state index contributed by atoms with van der Waals surface area (Å²) in [7, 11) is 5.29. The summed E-state index contributed by atoms with van der Waals surface area (Å²) in [6, 6.07) is 11.9. The summed E-state index contributed by atoms with van der Waals surface area (Å²) in [5, 5.41) is 10.7. The van der Waals surface area contributed by atoms with Crippen LogP contribution in [0.3, 0.4) is 0 Å². The summed E-state index contributed by atoms with van der Waals surface area (Å²) in [6.07, 6.45) is 1.73. The molecule has 29 heavy (non-hydrogen) atoms. The van der Waals surface area contributed by atoms with E-state index in [4.69, 9.17) is 17.0 Å². The van der Waals surface area contributed by atoms with Crippen LogP contribution in [0, 0.1) is 0 Å². The SMILES string of the molecule is COc1cc(C(=O)NN2C(=O)/C(=C\c3ccc(N(C)C)cc3)SC2=S)ccc1O. The maximum Gasteiger partial charge on any atom is 0.285 e. The molecule has 0 aromatic heterocycles. The minimum Gasteiger partial charge on any atom is -0.504 e. The third kappa shape index (κ3) is 4.52. The molecule has 1 heterocycles. The molecule has 3 rings (SSSR count). The van der Waals surface area contributed by atoms with Crippen LogP contribution in [-0.4, -0.2) is 47.5 Å². The molecule has 1 aliphatic heterocycles. The zero-order valence-electron chi connectivity index (χ0n) is 16.0. The number of phenols is 1. The normalized spacial score (nSPS) is 15.0. The van der Waals surface area contributed by atoms with Gasteiger partial charge in [0.2, 0.25) is 0 Å². The Labute approximate surface area is 177 Å². The van der Waals surface area contributed by atoms with E-state index in [1.807, 2.05) is 43.3 Å². The Morgan fingerprint density at radius 1 is 1.24 bits per heavy atom.